The van der Waals surface area contributed by atoms with Crippen molar-refractivity contribution in [2.45, 2.75) is 20.0 Å². The van der Waals surface area contributed by atoms with E-state index < -0.39 is 11.7 Å². The molecule has 0 aliphatic heterocycles. The molecule has 0 aliphatic rings. The Labute approximate surface area is 82.9 Å². The normalized spacial score (nSPS) is 11.8. The van der Waals surface area contributed by atoms with Gasteiger partial charge in [-0.2, -0.15) is 13.2 Å². The van der Waals surface area contributed by atoms with Gasteiger partial charge in [-0.25, -0.2) is 0 Å². The summed E-state index contributed by atoms with van der Waals surface area (Å²) in [5, 5.41) is 0. The highest BCUT2D eigenvalue weighted by atomic mass is 79.9. The molecule has 4 heteroatoms. The molecular formula is C9H8BrF3. The smallest absolute Gasteiger partial charge is 0.166 e. The monoisotopic (exact) mass is 252 g/mol. The molecule has 1 rings (SSSR count). The van der Waals surface area contributed by atoms with E-state index in [0.29, 0.717) is 10.0 Å². The Kier molecular flexibility index (Phi) is 2.71. The van der Waals surface area contributed by atoms with Gasteiger partial charge in [0.15, 0.2) is 0 Å². The van der Waals surface area contributed by atoms with Crippen LogP contribution in [0.5, 0.6) is 0 Å². The van der Waals surface area contributed by atoms with Gasteiger partial charge in [0.2, 0.25) is 0 Å². The minimum absolute atomic E-state index is 0.234. The zero-order chi connectivity index (χ0) is 10.2. The number of benzene rings is 1. The molecule has 0 spiro atoms. The van der Waals surface area contributed by atoms with Crippen LogP contribution in [0.1, 0.15) is 16.7 Å². The van der Waals surface area contributed by atoms with E-state index >= 15 is 0 Å². The molecule has 0 radical (unpaired) electrons. The standard InChI is InChI=1S/C9H8BrF3/c1-5-3-7(9(11,12)13)6(2)8(10)4-5/h3-4H,1-2H3. The molecular weight excluding hydrogens is 245 g/mol. The van der Waals surface area contributed by atoms with Crippen molar-refractivity contribution in [1.82, 2.24) is 0 Å². The van der Waals surface area contributed by atoms with Crippen molar-refractivity contribution < 1.29 is 13.2 Å². The number of halogens is 4. The molecule has 0 aliphatic carbocycles. The lowest BCUT2D eigenvalue weighted by molar-refractivity contribution is -0.138. The molecule has 13 heavy (non-hydrogen) atoms. The molecule has 0 aromatic heterocycles. The van der Waals surface area contributed by atoms with E-state index in [9.17, 15) is 13.2 Å². The van der Waals surface area contributed by atoms with Crippen LogP contribution in [0, 0.1) is 13.8 Å². The Bertz CT molecular complexity index is 328. The second kappa shape index (κ2) is 3.33. The van der Waals surface area contributed by atoms with E-state index in [1.807, 2.05) is 0 Å². The molecule has 0 bridgehead atoms. The molecule has 0 amide bonds. The van der Waals surface area contributed by atoms with Crippen LogP contribution >= 0.6 is 15.9 Å². The SMILES string of the molecule is Cc1cc(Br)c(C)c(C(F)(F)F)c1. The number of hydrogen-bond donors (Lipinski definition) is 0. The predicted octanol–water partition coefficient (Wildman–Crippen LogP) is 4.08. The van der Waals surface area contributed by atoms with Crippen LogP contribution < -0.4 is 0 Å². The summed E-state index contributed by atoms with van der Waals surface area (Å²) in [7, 11) is 0. The van der Waals surface area contributed by atoms with E-state index in [0.717, 1.165) is 6.07 Å². The Balaban J connectivity index is 3.37. The van der Waals surface area contributed by atoms with Gasteiger partial charge in [0.25, 0.3) is 0 Å². The minimum atomic E-state index is -4.27. The predicted molar refractivity (Wildman–Crippen MR) is 48.6 cm³/mol. The summed E-state index contributed by atoms with van der Waals surface area (Å²) in [4.78, 5) is 0. The fourth-order valence-corrected chi connectivity index (χ4v) is 1.68. The van der Waals surface area contributed by atoms with Gasteiger partial charge in [-0.1, -0.05) is 15.9 Å². The zero-order valence-electron chi connectivity index (χ0n) is 7.17. The van der Waals surface area contributed by atoms with Crippen molar-refractivity contribution in [3.63, 3.8) is 0 Å². The Morgan fingerprint density at radius 3 is 2.15 bits per heavy atom. The number of hydrogen-bond acceptors (Lipinski definition) is 0. The lowest BCUT2D eigenvalue weighted by atomic mass is 10.1. The van der Waals surface area contributed by atoms with Gasteiger partial charge in [-0.15, -0.1) is 0 Å². The third-order valence-electron chi connectivity index (χ3n) is 1.79. The highest BCUT2D eigenvalue weighted by molar-refractivity contribution is 9.10. The van der Waals surface area contributed by atoms with Gasteiger partial charge >= 0.3 is 6.18 Å². The summed E-state index contributed by atoms with van der Waals surface area (Å²) in [6.07, 6.45) is -4.27. The summed E-state index contributed by atoms with van der Waals surface area (Å²) >= 11 is 3.09. The van der Waals surface area contributed by atoms with Crippen molar-refractivity contribution in [2.24, 2.45) is 0 Å². The fourth-order valence-electron chi connectivity index (χ4n) is 1.11. The van der Waals surface area contributed by atoms with Crippen LogP contribution in [0.25, 0.3) is 0 Å². The maximum absolute atomic E-state index is 12.4. The van der Waals surface area contributed by atoms with Crippen LogP contribution in [0.4, 0.5) is 13.2 Å². The van der Waals surface area contributed by atoms with Gasteiger partial charge in [0.05, 0.1) is 5.56 Å². The lowest BCUT2D eigenvalue weighted by Gasteiger charge is -2.12. The third kappa shape index (κ3) is 2.24. The van der Waals surface area contributed by atoms with Crippen molar-refractivity contribution in [3.05, 3.63) is 33.3 Å². The summed E-state index contributed by atoms with van der Waals surface area (Å²) < 4.78 is 37.7. The molecule has 0 fully saturated rings. The summed E-state index contributed by atoms with van der Waals surface area (Å²) in [5.74, 6) is 0. The fraction of sp³-hybridized carbons (Fsp3) is 0.333. The minimum Gasteiger partial charge on any atom is -0.166 e. The highest BCUT2D eigenvalue weighted by Crippen LogP contribution is 2.35. The Morgan fingerprint density at radius 2 is 1.69 bits per heavy atom. The first kappa shape index (κ1) is 10.6. The molecule has 1 aromatic rings. The average molecular weight is 253 g/mol. The maximum Gasteiger partial charge on any atom is 0.416 e. The number of aryl methyl sites for hydroxylation is 1. The highest BCUT2D eigenvalue weighted by Gasteiger charge is 2.32. The number of rotatable bonds is 0. The Hall–Kier alpha value is -0.510. The molecule has 0 saturated heterocycles. The van der Waals surface area contributed by atoms with Crippen molar-refractivity contribution in [3.8, 4) is 0 Å². The van der Waals surface area contributed by atoms with E-state index in [1.54, 1.807) is 13.0 Å². The van der Waals surface area contributed by atoms with Crippen LogP contribution in [0.2, 0.25) is 0 Å². The van der Waals surface area contributed by atoms with Crippen LogP contribution in [-0.2, 0) is 6.18 Å². The quantitative estimate of drug-likeness (QED) is 0.653. The van der Waals surface area contributed by atoms with Crippen LogP contribution in [0.15, 0.2) is 16.6 Å². The lowest BCUT2D eigenvalue weighted by Crippen LogP contribution is -2.08. The summed E-state index contributed by atoms with van der Waals surface area (Å²) in [6.45, 7) is 3.09. The zero-order valence-corrected chi connectivity index (χ0v) is 8.75. The number of alkyl halides is 3. The van der Waals surface area contributed by atoms with Crippen LogP contribution in [-0.4, -0.2) is 0 Å². The van der Waals surface area contributed by atoms with Gasteiger partial charge in [-0.05, 0) is 37.1 Å². The second-order valence-electron chi connectivity index (χ2n) is 2.92. The first-order valence-electron chi connectivity index (χ1n) is 3.66. The van der Waals surface area contributed by atoms with Crippen LogP contribution in [0.3, 0.4) is 0 Å². The molecule has 0 unspecified atom stereocenters. The average Bonchev–Trinajstić information content (AvgIpc) is 1.94. The van der Waals surface area contributed by atoms with E-state index in [1.165, 1.54) is 6.92 Å². The van der Waals surface area contributed by atoms with Gasteiger partial charge < -0.3 is 0 Å². The summed E-state index contributed by atoms with van der Waals surface area (Å²) in [6, 6.07) is 2.82. The maximum atomic E-state index is 12.4. The second-order valence-corrected chi connectivity index (χ2v) is 3.77. The van der Waals surface area contributed by atoms with E-state index in [2.05, 4.69) is 15.9 Å². The van der Waals surface area contributed by atoms with E-state index in [4.69, 9.17) is 0 Å². The molecule has 0 heterocycles. The molecule has 0 nitrogen and oxygen atoms in total. The molecule has 0 saturated carbocycles. The van der Waals surface area contributed by atoms with Crippen molar-refractivity contribution in [1.29, 1.82) is 0 Å². The van der Waals surface area contributed by atoms with Gasteiger partial charge in [0.1, 0.15) is 0 Å². The largest absolute Gasteiger partial charge is 0.416 e. The first-order valence-corrected chi connectivity index (χ1v) is 4.45. The molecule has 72 valence electrons. The van der Waals surface area contributed by atoms with Crippen molar-refractivity contribution >= 4 is 15.9 Å². The first-order chi connectivity index (χ1) is 5.82. The Morgan fingerprint density at radius 1 is 1.15 bits per heavy atom. The molecule has 1 aromatic carbocycles. The van der Waals surface area contributed by atoms with Crippen molar-refractivity contribution in [2.75, 3.05) is 0 Å². The third-order valence-corrected chi connectivity index (χ3v) is 2.62. The van der Waals surface area contributed by atoms with Gasteiger partial charge in [-0.3, -0.25) is 0 Å². The summed E-state index contributed by atoms with van der Waals surface area (Å²) in [5.41, 5.74) is 0.266. The molecule has 0 N–H and O–H groups in total. The van der Waals surface area contributed by atoms with Gasteiger partial charge in [0, 0.05) is 4.47 Å². The van der Waals surface area contributed by atoms with E-state index in [-0.39, 0.29) is 5.56 Å². The molecule has 0 atom stereocenters. The topological polar surface area (TPSA) is 0 Å².